The van der Waals surface area contributed by atoms with Gasteiger partial charge in [-0.2, -0.15) is 0 Å². The molecule has 4 nitrogen and oxygen atoms in total. The third-order valence-electron chi connectivity index (χ3n) is 2.21. The minimum absolute atomic E-state index is 0.117. The zero-order valence-corrected chi connectivity index (χ0v) is 7.51. The van der Waals surface area contributed by atoms with Gasteiger partial charge in [0.15, 0.2) is 0 Å². The Morgan fingerprint density at radius 1 is 1.43 bits per heavy atom. The Bertz CT molecular complexity index is 488. The average molecular weight is 189 g/mol. The molecule has 0 saturated carbocycles. The summed E-state index contributed by atoms with van der Waals surface area (Å²) in [6.07, 6.45) is 1.88. The number of nitro benzene ring substituents is 1. The van der Waals surface area contributed by atoms with Gasteiger partial charge in [0.25, 0.3) is 5.69 Å². The minimum atomic E-state index is -0.389. The number of aromatic nitrogens is 1. The van der Waals surface area contributed by atoms with E-state index in [0.717, 1.165) is 10.9 Å². The highest BCUT2D eigenvalue weighted by molar-refractivity contribution is 5.82. The minimum Gasteiger partial charge on any atom is -0.347 e. The number of nitro groups is 1. The van der Waals surface area contributed by atoms with Crippen LogP contribution in [-0.4, -0.2) is 9.49 Å². The molecule has 0 aliphatic heterocycles. The van der Waals surface area contributed by atoms with Crippen LogP contribution in [0.1, 0.15) is 0 Å². The summed E-state index contributed by atoms with van der Waals surface area (Å²) in [5.74, 6) is 0. The van der Waals surface area contributed by atoms with E-state index in [1.807, 2.05) is 16.8 Å². The van der Waals surface area contributed by atoms with Gasteiger partial charge < -0.3 is 4.57 Å². The van der Waals surface area contributed by atoms with Crippen molar-refractivity contribution in [2.75, 3.05) is 0 Å². The molecule has 0 bridgehead atoms. The molecule has 2 aromatic rings. The van der Waals surface area contributed by atoms with Crippen LogP contribution in [0.2, 0.25) is 0 Å². The Hall–Kier alpha value is -1.84. The van der Waals surface area contributed by atoms with Crippen LogP contribution >= 0.6 is 0 Å². The summed E-state index contributed by atoms with van der Waals surface area (Å²) in [5, 5.41) is 11.5. The van der Waals surface area contributed by atoms with Crippen LogP contribution in [0.5, 0.6) is 0 Å². The Balaban J connectivity index is 2.67. The maximum absolute atomic E-state index is 10.5. The number of fused-ring (bicyclic) bond motifs is 1. The molecule has 1 radical (unpaired) electrons. The Morgan fingerprint density at radius 2 is 2.21 bits per heavy atom. The Kier molecular flexibility index (Phi) is 1.96. The molecule has 0 amide bonds. The number of hydrogen-bond donors (Lipinski definition) is 0. The molecule has 0 saturated heterocycles. The molecule has 0 aliphatic carbocycles. The number of benzene rings is 1. The van der Waals surface area contributed by atoms with Crippen molar-refractivity contribution in [1.82, 2.24) is 4.57 Å². The summed E-state index contributed by atoms with van der Waals surface area (Å²) in [7, 11) is 0. The van der Waals surface area contributed by atoms with Crippen LogP contribution in [-0.2, 0) is 6.54 Å². The molecule has 14 heavy (non-hydrogen) atoms. The average Bonchev–Trinajstić information content (AvgIpc) is 2.59. The second kappa shape index (κ2) is 3.14. The quantitative estimate of drug-likeness (QED) is 0.538. The van der Waals surface area contributed by atoms with Crippen molar-refractivity contribution in [2.45, 2.75) is 6.54 Å². The number of hydrogen-bond acceptors (Lipinski definition) is 2. The summed E-state index contributed by atoms with van der Waals surface area (Å²) in [5.41, 5.74) is 0.972. The van der Waals surface area contributed by atoms with E-state index in [2.05, 4.69) is 6.92 Å². The smallest absolute Gasteiger partial charge is 0.271 e. The highest BCUT2D eigenvalue weighted by Gasteiger charge is 2.07. The van der Waals surface area contributed by atoms with Gasteiger partial charge in [-0.15, -0.1) is 0 Å². The fourth-order valence-corrected chi connectivity index (χ4v) is 1.48. The second-order valence-electron chi connectivity index (χ2n) is 3.01. The number of non-ortho nitro benzene ring substituents is 1. The van der Waals surface area contributed by atoms with Crippen LogP contribution in [0.4, 0.5) is 5.69 Å². The monoisotopic (exact) mass is 189 g/mol. The van der Waals surface area contributed by atoms with E-state index in [1.165, 1.54) is 6.07 Å². The molecule has 0 atom stereocenters. The lowest BCUT2D eigenvalue weighted by molar-refractivity contribution is -0.384. The van der Waals surface area contributed by atoms with Crippen LogP contribution in [0.15, 0.2) is 30.5 Å². The lowest BCUT2D eigenvalue weighted by Gasteiger charge is -1.99. The van der Waals surface area contributed by atoms with Crippen LogP contribution < -0.4 is 0 Å². The highest BCUT2D eigenvalue weighted by Crippen LogP contribution is 2.21. The summed E-state index contributed by atoms with van der Waals surface area (Å²) in [4.78, 5) is 10.2. The largest absolute Gasteiger partial charge is 0.347 e. The fourth-order valence-electron chi connectivity index (χ4n) is 1.48. The molecule has 0 N–H and O–H groups in total. The third-order valence-corrected chi connectivity index (χ3v) is 2.21. The van der Waals surface area contributed by atoms with Crippen molar-refractivity contribution in [3.8, 4) is 0 Å². The van der Waals surface area contributed by atoms with Crippen LogP contribution in [0, 0.1) is 17.0 Å². The van der Waals surface area contributed by atoms with Gasteiger partial charge in [0.2, 0.25) is 0 Å². The standard InChI is InChI=1S/C10H9N2O2/c1-2-11-6-5-8-3-4-9(12(13)14)7-10(8)11/h3-7H,1-2H2. The second-order valence-corrected chi connectivity index (χ2v) is 3.01. The molecule has 0 fully saturated rings. The van der Waals surface area contributed by atoms with Gasteiger partial charge in [-0.3, -0.25) is 10.1 Å². The van der Waals surface area contributed by atoms with Crippen molar-refractivity contribution in [3.63, 3.8) is 0 Å². The van der Waals surface area contributed by atoms with Gasteiger partial charge in [-0.05, 0) is 19.1 Å². The predicted octanol–water partition coefficient (Wildman–Crippen LogP) is 2.38. The highest BCUT2D eigenvalue weighted by atomic mass is 16.6. The predicted molar refractivity (Wildman–Crippen MR) is 53.9 cm³/mol. The van der Waals surface area contributed by atoms with E-state index in [1.54, 1.807) is 12.1 Å². The van der Waals surface area contributed by atoms with Gasteiger partial charge in [-0.1, -0.05) is 0 Å². The fraction of sp³-hybridized carbons (Fsp3) is 0.100. The lowest BCUT2D eigenvalue weighted by atomic mass is 10.2. The first-order valence-corrected chi connectivity index (χ1v) is 4.25. The number of rotatable bonds is 2. The van der Waals surface area contributed by atoms with Gasteiger partial charge in [0.1, 0.15) is 0 Å². The van der Waals surface area contributed by atoms with Crippen LogP contribution in [0.25, 0.3) is 10.9 Å². The Labute approximate surface area is 80.9 Å². The van der Waals surface area contributed by atoms with E-state index >= 15 is 0 Å². The van der Waals surface area contributed by atoms with Gasteiger partial charge >= 0.3 is 0 Å². The summed E-state index contributed by atoms with van der Waals surface area (Å²) >= 11 is 0. The molecule has 4 heteroatoms. The molecule has 2 rings (SSSR count). The van der Waals surface area contributed by atoms with E-state index < -0.39 is 0 Å². The van der Waals surface area contributed by atoms with E-state index in [9.17, 15) is 10.1 Å². The Morgan fingerprint density at radius 3 is 2.86 bits per heavy atom. The van der Waals surface area contributed by atoms with Gasteiger partial charge in [-0.25, -0.2) is 0 Å². The van der Waals surface area contributed by atoms with Gasteiger partial charge in [0, 0.05) is 30.3 Å². The first kappa shape index (κ1) is 8.74. The van der Waals surface area contributed by atoms with Crippen molar-refractivity contribution >= 4 is 16.6 Å². The third kappa shape index (κ3) is 1.25. The first-order chi connectivity index (χ1) is 6.72. The van der Waals surface area contributed by atoms with Crippen molar-refractivity contribution in [1.29, 1.82) is 0 Å². The molecular formula is C10H9N2O2. The maximum atomic E-state index is 10.5. The van der Waals surface area contributed by atoms with Crippen molar-refractivity contribution in [3.05, 3.63) is 47.5 Å². The normalized spacial score (nSPS) is 10.6. The molecular weight excluding hydrogens is 180 g/mol. The van der Waals surface area contributed by atoms with E-state index in [4.69, 9.17) is 0 Å². The summed E-state index contributed by atoms with van der Waals surface area (Å²) in [6, 6.07) is 6.75. The molecule has 0 aliphatic rings. The molecule has 71 valence electrons. The SMILES string of the molecule is [CH2]Cn1ccc2ccc([N+](=O)[O-])cc21. The molecule has 1 aromatic heterocycles. The first-order valence-electron chi connectivity index (χ1n) is 4.25. The molecule has 1 heterocycles. The molecule has 0 spiro atoms. The van der Waals surface area contributed by atoms with Crippen molar-refractivity contribution in [2.24, 2.45) is 0 Å². The zero-order chi connectivity index (χ0) is 10.1. The zero-order valence-electron chi connectivity index (χ0n) is 7.51. The molecule has 0 unspecified atom stereocenters. The summed E-state index contributed by atoms with van der Waals surface area (Å²) in [6.45, 7) is 4.32. The molecule has 1 aromatic carbocycles. The van der Waals surface area contributed by atoms with E-state index in [0.29, 0.717) is 6.54 Å². The maximum Gasteiger partial charge on any atom is 0.271 e. The van der Waals surface area contributed by atoms with Crippen LogP contribution in [0.3, 0.4) is 0 Å². The summed E-state index contributed by atoms with van der Waals surface area (Å²) < 4.78 is 1.88. The van der Waals surface area contributed by atoms with Gasteiger partial charge in [0.05, 0.1) is 10.4 Å². The number of nitrogens with zero attached hydrogens (tertiary/aromatic N) is 2. The topological polar surface area (TPSA) is 48.1 Å². The lowest BCUT2D eigenvalue weighted by Crippen LogP contribution is -1.92. The van der Waals surface area contributed by atoms with E-state index in [-0.39, 0.29) is 10.6 Å². The van der Waals surface area contributed by atoms with Crippen molar-refractivity contribution < 1.29 is 4.92 Å².